The van der Waals surface area contributed by atoms with Gasteiger partial charge in [0.15, 0.2) is 5.78 Å². The molecule has 0 fully saturated rings. The van der Waals surface area contributed by atoms with Gasteiger partial charge in [-0.3, -0.25) is 9.32 Å². The van der Waals surface area contributed by atoms with Crippen molar-refractivity contribution in [3.63, 3.8) is 0 Å². The summed E-state index contributed by atoms with van der Waals surface area (Å²) in [5.41, 5.74) is 5.32. The Hall–Kier alpha value is -0.260. The zero-order chi connectivity index (χ0) is 17.6. The molecule has 0 saturated heterocycles. The summed E-state index contributed by atoms with van der Waals surface area (Å²) in [7, 11) is -4.66. The number of hydrogen-bond donors (Lipinski definition) is 3. The van der Waals surface area contributed by atoms with Gasteiger partial charge in [-0.2, -0.15) is 0 Å². The maximum absolute atomic E-state index is 11.8. The molecule has 6 nitrogen and oxygen atoms in total. The van der Waals surface area contributed by atoms with Crippen LogP contribution in [0.3, 0.4) is 0 Å². The van der Waals surface area contributed by atoms with E-state index in [2.05, 4.69) is 11.4 Å². The third-order valence-electron chi connectivity index (χ3n) is 3.86. The average Bonchev–Trinajstić information content (AvgIpc) is 2.49. The Morgan fingerprint density at radius 1 is 0.957 bits per heavy atom. The third kappa shape index (κ3) is 15.0. The quantitative estimate of drug-likeness (QED) is 0.289. The lowest BCUT2D eigenvalue weighted by molar-refractivity contribution is -0.126. The van der Waals surface area contributed by atoms with Crippen LogP contribution in [-0.2, 0) is 13.9 Å². The zero-order valence-electron chi connectivity index (χ0n) is 14.4. The predicted molar refractivity (Wildman–Crippen MR) is 92.1 cm³/mol. The molecule has 0 aromatic heterocycles. The predicted octanol–water partition coefficient (Wildman–Crippen LogP) is 3.69. The molecule has 0 spiro atoms. The van der Waals surface area contributed by atoms with Crippen LogP contribution in [-0.4, -0.2) is 28.2 Å². The van der Waals surface area contributed by atoms with E-state index in [4.69, 9.17) is 15.5 Å². The van der Waals surface area contributed by atoms with E-state index in [1.807, 2.05) is 0 Å². The Morgan fingerprint density at radius 2 is 1.39 bits per heavy atom. The van der Waals surface area contributed by atoms with Gasteiger partial charge in [0.25, 0.3) is 0 Å². The summed E-state index contributed by atoms with van der Waals surface area (Å²) in [6.45, 7) is 2.01. The van der Waals surface area contributed by atoms with Gasteiger partial charge in [0.05, 0.1) is 0 Å². The summed E-state index contributed by atoms with van der Waals surface area (Å²) < 4.78 is 15.1. The molecule has 0 saturated carbocycles. The summed E-state index contributed by atoms with van der Waals surface area (Å²) in [5.74, 6) is -0.327. The minimum absolute atomic E-state index is 0.206. The van der Waals surface area contributed by atoms with Gasteiger partial charge in [0.2, 0.25) is 0 Å². The molecule has 0 rings (SSSR count). The monoisotopic (exact) mass is 351 g/mol. The first-order valence-corrected chi connectivity index (χ1v) is 10.4. The molecule has 138 valence electrons. The number of ketones is 1. The van der Waals surface area contributed by atoms with Crippen LogP contribution in [0, 0.1) is 0 Å². The summed E-state index contributed by atoms with van der Waals surface area (Å²) in [6.07, 6.45) is 12.2. The van der Waals surface area contributed by atoms with Crippen molar-refractivity contribution in [2.75, 3.05) is 6.54 Å². The molecule has 0 aromatic carbocycles. The van der Waals surface area contributed by atoms with E-state index in [0.29, 0.717) is 0 Å². The van der Waals surface area contributed by atoms with Gasteiger partial charge in [-0.15, -0.1) is 0 Å². The second-order valence-electron chi connectivity index (χ2n) is 6.07. The fourth-order valence-corrected chi connectivity index (χ4v) is 3.06. The second-order valence-corrected chi connectivity index (χ2v) is 7.26. The highest BCUT2D eigenvalue weighted by molar-refractivity contribution is 7.46. The molecule has 1 unspecified atom stereocenters. The van der Waals surface area contributed by atoms with Crippen LogP contribution in [0.15, 0.2) is 0 Å². The van der Waals surface area contributed by atoms with Crippen LogP contribution >= 0.6 is 7.82 Å². The zero-order valence-corrected chi connectivity index (χ0v) is 15.3. The minimum Gasteiger partial charge on any atom is -0.328 e. The van der Waals surface area contributed by atoms with Crippen molar-refractivity contribution >= 4 is 13.6 Å². The van der Waals surface area contributed by atoms with Crippen LogP contribution in [0.4, 0.5) is 0 Å². The molecule has 0 aromatic rings. The maximum atomic E-state index is 11.8. The lowest BCUT2D eigenvalue weighted by atomic mass is 10.0. The molecule has 0 aliphatic heterocycles. The number of rotatable bonds is 16. The Bertz CT molecular complexity index is 345. The molecule has 7 heteroatoms. The van der Waals surface area contributed by atoms with E-state index in [1.54, 1.807) is 0 Å². The third-order valence-corrected chi connectivity index (χ3v) is 4.39. The molecule has 0 amide bonds. The molecule has 0 bridgehead atoms. The van der Waals surface area contributed by atoms with E-state index in [-0.39, 0.29) is 18.7 Å². The summed E-state index contributed by atoms with van der Waals surface area (Å²) in [5, 5.41) is 0. The maximum Gasteiger partial charge on any atom is 0.470 e. The number of Topliss-reactive ketones (excluding diaryl/α,β-unsaturated/α-hetero) is 1. The van der Waals surface area contributed by atoms with Crippen LogP contribution in [0.1, 0.15) is 84.0 Å². The van der Waals surface area contributed by atoms with E-state index in [0.717, 1.165) is 19.3 Å². The van der Waals surface area contributed by atoms with Gasteiger partial charge in [-0.25, -0.2) is 4.57 Å². The van der Waals surface area contributed by atoms with Crippen molar-refractivity contribution in [1.29, 1.82) is 0 Å². The second kappa shape index (κ2) is 14.1. The van der Waals surface area contributed by atoms with Crippen LogP contribution in [0.25, 0.3) is 0 Å². The number of hydrogen-bond acceptors (Lipinski definition) is 4. The highest BCUT2D eigenvalue weighted by atomic mass is 31.2. The Balaban J connectivity index is 3.53. The van der Waals surface area contributed by atoms with Gasteiger partial charge in [-0.05, 0) is 6.42 Å². The van der Waals surface area contributed by atoms with Crippen molar-refractivity contribution in [3.8, 4) is 0 Å². The van der Waals surface area contributed by atoms with E-state index < -0.39 is 13.9 Å². The first-order valence-electron chi connectivity index (χ1n) is 8.87. The first kappa shape index (κ1) is 22.7. The topological polar surface area (TPSA) is 110 Å². The van der Waals surface area contributed by atoms with Crippen LogP contribution in [0.2, 0.25) is 0 Å². The first-order chi connectivity index (χ1) is 10.9. The van der Waals surface area contributed by atoms with Gasteiger partial charge in [-0.1, -0.05) is 71.1 Å². The number of nitrogens with two attached hydrogens (primary N) is 1. The average molecular weight is 351 g/mol. The number of phosphoric acid groups is 1. The number of carbonyl (C=O) groups excluding carboxylic acids is 1. The fraction of sp³-hybridized carbons (Fsp3) is 0.938. The normalized spacial score (nSPS) is 13.2. The lowest BCUT2D eigenvalue weighted by Gasteiger charge is -2.15. The highest BCUT2D eigenvalue weighted by Crippen LogP contribution is 2.37. The SMILES string of the molecule is CCCCCCCCCCCCCC(=O)C(CN)OP(=O)(O)O. The molecular weight excluding hydrogens is 317 g/mol. The standard InChI is InChI=1S/C16H34NO5P/c1-2-3-4-5-6-7-8-9-10-11-12-13-15(18)16(14-17)22-23(19,20)21/h16H,2-14,17H2,1H3,(H2,19,20,21). The number of carbonyl (C=O) groups is 1. The Morgan fingerprint density at radius 3 is 1.78 bits per heavy atom. The minimum atomic E-state index is -4.66. The molecular formula is C16H34NO5P. The molecule has 0 aliphatic carbocycles. The molecule has 4 N–H and O–H groups in total. The Kier molecular flexibility index (Phi) is 14.0. The molecule has 0 aliphatic rings. The summed E-state index contributed by atoms with van der Waals surface area (Å²) in [6, 6.07) is 0. The van der Waals surface area contributed by atoms with Crippen LogP contribution < -0.4 is 5.73 Å². The van der Waals surface area contributed by atoms with E-state index >= 15 is 0 Å². The van der Waals surface area contributed by atoms with Gasteiger partial charge >= 0.3 is 7.82 Å². The molecule has 0 radical (unpaired) electrons. The summed E-state index contributed by atoms with van der Waals surface area (Å²) >= 11 is 0. The fourth-order valence-electron chi connectivity index (χ4n) is 2.52. The number of phosphoric ester groups is 1. The molecule has 1 atom stereocenters. The smallest absolute Gasteiger partial charge is 0.328 e. The van der Waals surface area contributed by atoms with E-state index in [9.17, 15) is 9.36 Å². The van der Waals surface area contributed by atoms with E-state index in [1.165, 1.54) is 51.4 Å². The Labute approximate surface area is 140 Å². The molecule has 0 heterocycles. The molecule has 23 heavy (non-hydrogen) atoms. The largest absolute Gasteiger partial charge is 0.470 e. The van der Waals surface area contributed by atoms with Crippen LogP contribution in [0.5, 0.6) is 0 Å². The van der Waals surface area contributed by atoms with Crippen molar-refractivity contribution < 1.29 is 23.7 Å². The van der Waals surface area contributed by atoms with Crippen molar-refractivity contribution in [2.24, 2.45) is 5.73 Å². The summed E-state index contributed by atoms with van der Waals surface area (Å²) in [4.78, 5) is 29.2. The van der Waals surface area contributed by atoms with Gasteiger partial charge in [0.1, 0.15) is 6.10 Å². The van der Waals surface area contributed by atoms with Crippen molar-refractivity contribution in [3.05, 3.63) is 0 Å². The van der Waals surface area contributed by atoms with Crippen molar-refractivity contribution in [1.82, 2.24) is 0 Å². The van der Waals surface area contributed by atoms with Gasteiger partial charge < -0.3 is 15.5 Å². The lowest BCUT2D eigenvalue weighted by Crippen LogP contribution is -2.31. The number of unbranched alkanes of at least 4 members (excludes halogenated alkanes) is 10. The van der Waals surface area contributed by atoms with Crippen molar-refractivity contribution in [2.45, 2.75) is 90.1 Å². The highest BCUT2D eigenvalue weighted by Gasteiger charge is 2.26. The van der Waals surface area contributed by atoms with Gasteiger partial charge in [0, 0.05) is 13.0 Å².